The normalized spacial score (nSPS) is 10.6. The van der Waals surface area contributed by atoms with Crippen molar-refractivity contribution in [2.45, 2.75) is 6.92 Å². The molecule has 0 bridgehead atoms. The minimum absolute atomic E-state index is 0.236. The van der Waals surface area contributed by atoms with E-state index in [9.17, 15) is 14.4 Å². The fraction of sp³-hybridized carbons (Fsp3) is 0.120. The van der Waals surface area contributed by atoms with Crippen LogP contribution < -0.4 is 20.2 Å². The second-order valence-corrected chi connectivity index (χ2v) is 8.08. The van der Waals surface area contributed by atoms with Crippen LogP contribution in [-0.4, -0.2) is 37.7 Å². The van der Waals surface area contributed by atoms with Gasteiger partial charge in [0.25, 0.3) is 11.8 Å². The number of amides is 2. The Balaban J connectivity index is 1.54. The molecule has 0 heterocycles. The molecule has 8 nitrogen and oxygen atoms in total. The molecule has 0 unspecified atom stereocenters. The van der Waals surface area contributed by atoms with Crippen LogP contribution in [0.1, 0.15) is 31.8 Å². The number of esters is 1. The van der Waals surface area contributed by atoms with Gasteiger partial charge in [0.15, 0.2) is 11.5 Å². The van der Waals surface area contributed by atoms with Crippen molar-refractivity contribution in [3.63, 3.8) is 0 Å². The van der Waals surface area contributed by atoms with Crippen LogP contribution in [-0.2, 0) is 4.79 Å². The number of aryl methyl sites for hydroxylation is 1. The van der Waals surface area contributed by atoms with Gasteiger partial charge in [0.2, 0.25) is 0 Å². The van der Waals surface area contributed by atoms with Crippen LogP contribution in [0.2, 0.25) is 10.0 Å². The molecule has 0 aliphatic heterocycles. The van der Waals surface area contributed by atoms with Gasteiger partial charge in [-0.1, -0.05) is 40.9 Å². The third-order valence-electron chi connectivity index (χ3n) is 4.67. The summed E-state index contributed by atoms with van der Waals surface area (Å²) in [5.74, 6) is -0.979. The molecule has 3 aromatic rings. The predicted octanol–water partition coefficient (Wildman–Crippen LogP) is 4.41. The molecule has 0 atom stereocenters. The zero-order chi connectivity index (χ0) is 25.4. The highest BCUT2D eigenvalue weighted by Gasteiger charge is 2.13. The highest BCUT2D eigenvalue weighted by molar-refractivity contribution is 6.42. The van der Waals surface area contributed by atoms with Crippen LogP contribution in [0.4, 0.5) is 0 Å². The monoisotopic (exact) mass is 513 g/mol. The smallest absolute Gasteiger partial charge is 0.343 e. The van der Waals surface area contributed by atoms with Crippen molar-refractivity contribution in [3.05, 3.63) is 93.0 Å². The lowest BCUT2D eigenvalue weighted by atomic mass is 10.1. The third kappa shape index (κ3) is 7.30. The third-order valence-corrected chi connectivity index (χ3v) is 5.41. The molecule has 10 heteroatoms. The number of benzene rings is 3. The lowest BCUT2D eigenvalue weighted by molar-refractivity contribution is -0.120. The van der Waals surface area contributed by atoms with E-state index in [-0.39, 0.29) is 22.9 Å². The Morgan fingerprint density at radius 1 is 0.914 bits per heavy atom. The van der Waals surface area contributed by atoms with E-state index in [2.05, 4.69) is 15.8 Å². The summed E-state index contributed by atoms with van der Waals surface area (Å²) in [5.41, 5.74) is 4.61. The van der Waals surface area contributed by atoms with E-state index in [0.29, 0.717) is 21.9 Å². The molecule has 2 amide bonds. The Morgan fingerprint density at radius 2 is 1.63 bits per heavy atom. The van der Waals surface area contributed by atoms with Crippen molar-refractivity contribution in [1.29, 1.82) is 0 Å². The molecule has 0 saturated heterocycles. The van der Waals surface area contributed by atoms with Gasteiger partial charge in [-0.05, 0) is 61.0 Å². The van der Waals surface area contributed by atoms with E-state index in [1.54, 1.807) is 30.3 Å². The molecule has 35 heavy (non-hydrogen) atoms. The second-order valence-electron chi connectivity index (χ2n) is 7.27. The predicted molar refractivity (Wildman–Crippen MR) is 134 cm³/mol. The molecule has 0 saturated carbocycles. The van der Waals surface area contributed by atoms with E-state index >= 15 is 0 Å². The highest BCUT2D eigenvalue weighted by atomic mass is 35.5. The number of rotatable bonds is 8. The van der Waals surface area contributed by atoms with Crippen LogP contribution in [0.25, 0.3) is 0 Å². The summed E-state index contributed by atoms with van der Waals surface area (Å²) >= 11 is 11.7. The summed E-state index contributed by atoms with van der Waals surface area (Å²) in [6.07, 6.45) is 1.38. The fourth-order valence-electron chi connectivity index (χ4n) is 2.82. The first-order valence-corrected chi connectivity index (χ1v) is 11.0. The van der Waals surface area contributed by atoms with Crippen LogP contribution >= 0.6 is 23.2 Å². The minimum Gasteiger partial charge on any atom is -0.493 e. The van der Waals surface area contributed by atoms with Crippen molar-refractivity contribution in [2.24, 2.45) is 5.10 Å². The summed E-state index contributed by atoms with van der Waals surface area (Å²) in [5, 5.41) is 6.88. The summed E-state index contributed by atoms with van der Waals surface area (Å²) < 4.78 is 10.7. The molecular formula is C25H21Cl2N3O5. The van der Waals surface area contributed by atoms with E-state index in [1.165, 1.54) is 31.5 Å². The highest BCUT2D eigenvalue weighted by Crippen LogP contribution is 2.28. The molecule has 0 aliphatic carbocycles. The van der Waals surface area contributed by atoms with Gasteiger partial charge in [0.1, 0.15) is 0 Å². The number of nitrogens with zero attached hydrogens (tertiary/aromatic N) is 1. The number of hydrogen-bond donors (Lipinski definition) is 2. The van der Waals surface area contributed by atoms with Gasteiger partial charge < -0.3 is 14.8 Å². The Kier molecular flexibility index (Phi) is 8.83. The largest absolute Gasteiger partial charge is 0.493 e. The summed E-state index contributed by atoms with van der Waals surface area (Å²) in [7, 11) is 1.44. The minimum atomic E-state index is -0.537. The van der Waals surface area contributed by atoms with Gasteiger partial charge in [-0.3, -0.25) is 9.59 Å². The number of nitrogens with one attached hydrogen (secondary N) is 2. The molecule has 0 fully saturated rings. The summed E-state index contributed by atoms with van der Waals surface area (Å²) in [6.45, 7) is 1.63. The van der Waals surface area contributed by atoms with Crippen molar-refractivity contribution in [1.82, 2.24) is 10.7 Å². The maximum absolute atomic E-state index is 12.4. The van der Waals surface area contributed by atoms with Gasteiger partial charge in [0, 0.05) is 5.56 Å². The molecule has 0 aromatic heterocycles. The first kappa shape index (κ1) is 25.7. The van der Waals surface area contributed by atoms with Gasteiger partial charge in [-0.2, -0.15) is 5.10 Å². The second kappa shape index (κ2) is 12.0. The standard InChI is InChI=1S/C25H21Cl2N3O5/c1-15-3-6-17(7-4-15)25(33)35-21-10-5-16(11-22(21)34-2)13-29-30-23(31)14-28-24(32)18-8-9-19(26)20(27)12-18/h3-13H,14H2,1-2H3,(H,28,32)(H,30,31). The van der Waals surface area contributed by atoms with E-state index < -0.39 is 17.8 Å². The van der Waals surface area contributed by atoms with Gasteiger partial charge in [0.05, 0.1) is 35.5 Å². The maximum atomic E-state index is 12.4. The molecule has 3 aromatic carbocycles. The number of hydrazone groups is 1. The average molecular weight is 514 g/mol. The van der Waals surface area contributed by atoms with Crippen LogP contribution in [0.3, 0.4) is 0 Å². The Labute approximate surface area is 211 Å². The Hall–Kier alpha value is -3.88. The van der Waals surface area contributed by atoms with E-state index in [4.69, 9.17) is 32.7 Å². The molecule has 180 valence electrons. The number of ether oxygens (including phenoxy) is 2. The number of hydrogen-bond acceptors (Lipinski definition) is 6. The van der Waals surface area contributed by atoms with E-state index in [1.807, 2.05) is 19.1 Å². The van der Waals surface area contributed by atoms with Crippen molar-refractivity contribution >= 4 is 47.2 Å². The molecule has 0 spiro atoms. The van der Waals surface area contributed by atoms with Crippen LogP contribution in [0.5, 0.6) is 11.5 Å². The summed E-state index contributed by atoms with van der Waals surface area (Å²) in [4.78, 5) is 36.4. The number of methoxy groups -OCH3 is 1. The van der Waals surface area contributed by atoms with Crippen LogP contribution in [0.15, 0.2) is 65.8 Å². The van der Waals surface area contributed by atoms with E-state index in [0.717, 1.165) is 5.56 Å². The fourth-order valence-corrected chi connectivity index (χ4v) is 3.11. The Bertz CT molecular complexity index is 1280. The van der Waals surface area contributed by atoms with Crippen molar-refractivity contribution in [3.8, 4) is 11.5 Å². The van der Waals surface area contributed by atoms with Crippen molar-refractivity contribution in [2.75, 3.05) is 13.7 Å². The first-order valence-electron chi connectivity index (χ1n) is 10.3. The van der Waals surface area contributed by atoms with Gasteiger partial charge >= 0.3 is 5.97 Å². The van der Waals surface area contributed by atoms with Crippen LogP contribution in [0, 0.1) is 6.92 Å². The zero-order valence-corrected chi connectivity index (χ0v) is 20.3. The quantitative estimate of drug-likeness (QED) is 0.201. The number of carbonyl (C=O) groups excluding carboxylic acids is 3. The molecule has 0 radical (unpaired) electrons. The molecule has 2 N–H and O–H groups in total. The van der Waals surface area contributed by atoms with Gasteiger partial charge in [-0.15, -0.1) is 0 Å². The molecule has 3 rings (SSSR count). The lowest BCUT2D eigenvalue weighted by Crippen LogP contribution is -2.34. The average Bonchev–Trinajstić information content (AvgIpc) is 2.85. The van der Waals surface area contributed by atoms with Gasteiger partial charge in [-0.25, -0.2) is 10.2 Å². The molecule has 0 aliphatic rings. The first-order chi connectivity index (χ1) is 16.8. The van der Waals surface area contributed by atoms with Crippen molar-refractivity contribution < 1.29 is 23.9 Å². The number of halogens is 2. The SMILES string of the molecule is COc1cc(C=NNC(=O)CNC(=O)c2ccc(Cl)c(Cl)c2)ccc1OC(=O)c1ccc(C)cc1. The summed E-state index contributed by atoms with van der Waals surface area (Å²) in [6, 6.07) is 16.2. The maximum Gasteiger partial charge on any atom is 0.343 e. The molecular weight excluding hydrogens is 493 g/mol. The number of carbonyl (C=O) groups is 3. The topological polar surface area (TPSA) is 106 Å². The lowest BCUT2D eigenvalue weighted by Gasteiger charge is -2.10. The Morgan fingerprint density at radius 3 is 2.31 bits per heavy atom. The zero-order valence-electron chi connectivity index (χ0n) is 18.8.